The Morgan fingerprint density at radius 1 is 1.18 bits per heavy atom. The Hall–Kier alpha value is -3.41. The molecule has 0 spiro atoms. The van der Waals surface area contributed by atoms with Gasteiger partial charge in [0.25, 0.3) is 0 Å². The number of rotatable bonds is 8. The van der Waals surface area contributed by atoms with Gasteiger partial charge in [0.1, 0.15) is 18.1 Å². The van der Waals surface area contributed by atoms with Crippen LogP contribution in [0, 0.1) is 17.2 Å². The van der Waals surface area contributed by atoms with Crippen molar-refractivity contribution in [3.63, 3.8) is 0 Å². The lowest BCUT2D eigenvalue weighted by Crippen LogP contribution is -2.63. The molecule has 3 amide bonds. The molecule has 1 aliphatic rings. The first-order chi connectivity index (χ1) is 13.3. The van der Waals surface area contributed by atoms with Crippen molar-refractivity contribution in [2.75, 3.05) is 0 Å². The second-order valence-corrected chi connectivity index (χ2v) is 6.74. The molecule has 9 nitrogen and oxygen atoms in total. The Morgan fingerprint density at radius 3 is 2.39 bits per heavy atom. The smallest absolute Gasteiger partial charge is 0.326 e. The molecule has 1 saturated heterocycles. The Labute approximate surface area is 162 Å². The summed E-state index contributed by atoms with van der Waals surface area (Å²) in [7, 11) is 0. The lowest BCUT2D eigenvalue weighted by Gasteiger charge is -2.30. The van der Waals surface area contributed by atoms with E-state index in [0.29, 0.717) is 6.42 Å². The zero-order valence-corrected chi connectivity index (χ0v) is 15.3. The zero-order chi connectivity index (χ0) is 20.7. The summed E-state index contributed by atoms with van der Waals surface area (Å²) in [5.41, 5.74) is 0.884. The van der Waals surface area contributed by atoms with E-state index in [-0.39, 0.29) is 6.42 Å². The summed E-state index contributed by atoms with van der Waals surface area (Å²) >= 11 is 0. The molecule has 1 aliphatic heterocycles. The van der Waals surface area contributed by atoms with Crippen molar-refractivity contribution < 1.29 is 24.3 Å². The molecule has 1 fully saturated rings. The first-order valence-corrected chi connectivity index (χ1v) is 8.85. The quantitative estimate of drug-likeness (QED) is 0.483. The molecule has 2 rings (SSSR count). The van der Waals surface area contributed by atoms with Gasteiger partial charge in [-0.25, -0.2) is 4.79 Å². The van der Waals surface area contributed by atoms with E-state index in [1.54, 1.807) is 0 Å². The van der Waals surface area contributed by atoms with Gasteiger partial charge in [0.05, 0.1) is 12.5 Å². The van der Waals surface area contributed by atoms with Crippen LogP contribution in [0.4, 0.5) is 0 Å². The van der Waals surface area contributed by atoms with E-state index in [0.717, 1.165) is 5.56 Å². The number of aliphatic carboxylic acids is 1. The minimum atomic E-state index is -1.27. The van der Waals surface area contributed by atoms with Crippen molar-refractivity contribution >= 4 is 23.7 Å². The summed E-state index contributed by atoms with van der Waals surface area (Å²) in [6.45, 7) is 1.53. The van der Waals surface area contributed by atoms with Gasteiger partial charge in [-0.3, -0.25) is 14.4 Å². The minimum Gasteiger partial charge on any atom is -0.480 e. The summed E-state index contributed by atoms with van der Waals surface area (Å²) in [6.07, 6.45) is -0.109. The van der Waals surface area contributed by atoms with Crippen LogP contribution >= 0.6 is 0 Å². The number of piperazine rings is 1. The van der Waals surface area contributed by atoms with E-state index in [4.69, 9.17) is 5.26 Å². The number of carboxylic acid groups (broad SMARTS) is 1. The van der Waals surface area contributed by atoms with E-state index < -0.39 is 54.2 Å². The summed E-state index contributed by atoms with van der Waals surface area (Å²) in [6, 6.07) is 7.98. The van der Waals surface area contributed by atoms with Gasteiger partial charge >= 0.3 is 5.97 Å². The molecule has 0 aliphatic carbocycles. The number of benzene rings is 1. The predicted molar refractivity (Wildman–Crippen MR) is 97.6 cm³/mol. The van der Waals surface area contributed by atoms with Gasteiger partial charge in [-0.15, -0.1) is 0 Å². The van der Waals surface area contributed by atoms with E-state index in [9.17, 15) is 24.3 Å². The number of nitriles is 1. The highest BCUT2D eigenvalue weighted by Gasteiger charge is 2.36. The van der Waals surface area contributed by atoms with E-state index in [1.165, 1.54) is 6.92 Å². The van der Waals surface area contributed by atoms with Gasteiger partial charge in [-0.1, -0.05) is 37.3 Å². The van der Waals surface area contributed by atoms with Gasteiger partial charge in [0.2, 0.25) is 17.7 Å². The summed E-state index contributed by atoms with van der Waals surface area (Å²) in [4.78, 5) is 48.0. The highest BCUT2D eigenvalue weighted by molar-refractivity contribution is 5.99. The van der Waals surface area contributed by atoms with E-state index in [2.05, 4.69) is 16.0 Å². The van der Waals surface area contributed by atoms with Crippen LogP contribution in [0.15, 0.2) is 30.3 Å². The van der Waals surface area contributed by atoms with Crippen LogP contribution in [0.2, 0.25) is 0 Å². The number of carbonyl (C=O) groups is 4. The van der Waals surface area contributed by atoms with Crippen LogP contribution in [0.25, 0.3) is 0 Å². The molecule has 28 heavy (non-hydrogen) atoms. The largest absolute Gasteiger partial charge is 0.480 e. The maximum Gasteiger partial charge on any atom is 0.326 e. The molecular weight excluding hydrogens is 364 g/mol. The minimum absolute atomic E-state index is 0.0426. The Kier molecular flexibility index (Phi) is 7.09. The number of hydrogen-bond acceptors (Lipinski definition) is 5. The number of nitrogens with zero attached hydrogens (tertiary/aromatic N) is 1. The van der Waals surface area contributed by atoms with Crippen LogP contribution in [0.1, 0.15) is 25.3 Å². The molecule has 4 atom stereocenters. The number of carbonyl (C=O) groups excluding carboxylic acids is 3. The molecular formula is C19H22N4O5. The molecule has 1 aromatic carbocycles. The monoisotopic (exact) mass is 386 g/mol. The summed E-state index contributed by atoms with van der Waals surface area (Å²) < 4.78 is 0. The van der Waals surface area contributed by atoms with Gasteiger partial charge in [-0.05, 0) is 5.56 Å². The lowest BCUT2D eigenvalue weighted by atomic mass is 9.98. The number of amides is 3. The third-order valence-corrected chi connectivity index (χ3v) is 4.50. The Morgan fingerprint density at radius 2 is 1.79 bits per heavy atom. The normalized spacial score (nSPS) is 20.9. The maximum absolute atomic E-state index is 12.3. The van der Waals surface area contributed by atoms with Crippen LogP contribution < -0.4 is 16.0 Å². The zero-order valence-electron chi connectivity index (χ0n) is 15.3. The van der Waals surface area contributed by atoms with E-state index >= 15 is 0 Å². The topological polar surface area (TPSA) is 148 Å². The molecule has 0 radical (unpaired) electrons. The number of nitrogens with one attached hydrogen (secondary N) is 3. The fraction of sp³-hybridized carbons (Fsp3) is 0.421. The first-order valence-electron chi connectivity index (χ1n) is 8.85. The van der Waals surface area contributed by atoms with E-state index in [1.807, 2.05) is 36.4 Å². The van der Waals surface area contributed by atoms with Crippen molar-refractivity contribution in [2.24, 2.45) is 5.92 Å². The van der Waals surface area contributed by atoms with Crippen molar-refractivity contribution in [3.05, 3.63) is 35.9 Å². The summed E-state index contributed by atoms with van der Waals surface area (Å²) in [5, 5.41) is 25.3. The van der Waals surface area contributed by atoms with Crippen molar-refractivity contribution in [1.82, 2.24) is 16.0 Å². The van der Waals surface area contributed by atoms with Crippen molar-refractivity contribution in [3.8, 4) is 6.07 Å². The average Bonchev–Trinajstić information content (AvgIpc) is 2.64. The molecule has 0 saturated carbocycles. The number of carboxylic acids is 1. The third-order valence-electron chi connectivity index (χ3n) is 4.50. The fourth-order valence-electron chi connectivity index (χ4n) is 2.94. The second kappa shape index (κ2) is 9.50. The second-order valence-electron chi connectivity index (χ2n) is 6.74. The molecule has 9 heteroatoms. The Bertz CT molecular complexity index is 789. The molecule has 0 unspecified atom stereocenters. The average molecular weight is 386 g/mol. The molecule has 148 valence electrons. The van der Waals surface area contributed by atoms with Gasteiger partial charge in [0, 0.05) is 18.8 Å². The van der Waals surface area contributed by atoms with Crippen molar-refractivity contribution in [1.29, 1.82) is 5.26 Å². The fourth-order valence-corrected chi connectivity index (χ4v) is 2.94. The third kappa shape index (κ3) is 5.54. The molecule has 0 bridgehead atoms. The molecule has 4 N–H and O–H groups in total. The lowest BCUT2D eigenvalue weighted by molar-refractivity contribution is -0.144. The molecule has 1 aromatic rings. The highest BCUT2D eigenvalue weighted by Crippen LogP contribution is 2.11. The molecule has 1 heterocycles. The van der Waals surface area contributed by atoms with Crippen molar-refractivity contribution in [2.45, 2.75) is 44.3 Å². The Balaban J connectivity index is 1.93. The summed E-state index contributed by atoms with van der Waals surface area (Å²) in [5.74, 6) is -3.48. The van der Waals surface area contributed by atoms with Crippen LogP contribution in [0.5, 0.6) is 0 Å². The maximum atomic E-state index is 12.3. The van der Waals surface area contributed by atoms with Gasteiger partial charge in [-0.2, -0.15) is 5.26 Å². The molecule has 0 aromatic heterocycles. The van der Waals surface area contributed by atoms with Gasteiger partial charge in [0.15, 0.2) is 0 Å². The highest BCUT2D eigenvalue weighted by atomic mass is 16.4. The van der Waals surface area contributed by atoms with Crippen LogP contribution in [-0.4, -0.2) is 46.9 Å². The van der Waals surface area contributed by atoms with Crippen LogP contribution in [-0.2, 0) is 25.6 Å². The predicted octanol–water partition coefficient (Wildman–Crippen LogP) is -0.278. The number of hydrogen-bond donors (Lipinski definition) is 4. The SMILES string of the molecule is C[C@H](CC#N)[C@@H](NC(=O)C[C@@H]1NC(=O)[C@H](Cc2ccccc2)NC1=O)C(=O)O. The standard InChI is InChI=1S/C19H22N4O5/c1-11(7-8-20)16(19(27)28)23-15(24)10-14-18(26)21-13(17(25)22-14)9-12-5-3-2-4-6-12/h2-6,11,13-14,16H,7,9-10H2,1H3,(H,21,26)(H,22,25)(H,23,24)(H,27,28)/t11-,13+,14+,16-/m1/s1. The van der Waals surface area contributed by atoms with Crippen LogP contribution in [0.3, 0.4) is 0 Å². The van der Waals surface area contributed by atoms with Gasteiger partial charge < -0.3 is 21.1 Å². The first kappa shape index (κ1) is 20.9.